The minimum absolute atomic E-state index is 0.194. The Morgan fingerprint density at radius 1 is 1.53 bits per heavy atom. The minimum Gasteiger partial charge on any atom is -0.489 e. The topological polar surface area (TPSA) is 49.8 Å². The molecular weight excluding hydrogens is 218 g/mol. The van der Waals surface area contributed by atoms with Crippen molar-refractivity contribution in [3.8, 4) is 5.75 Å². The fourth-order valence-electron chi connectivity index (χ4n) is 1.98. The Morgan fingerprint density at radius 2 is 2.24 bits per heavy atom. The first-order valence-corrected chi connectivity index (χ1v) is 5.73. The van der Waals surface area contributed by atoms with Crippen LogP contribution in [0.5, 0.6) is 5.75 Å². The monoisotopic (exact) mass is 235 g/mol. The second kappa shape index (κ2) is 4.28. The molecule has 4 heteroatoms. The first-order chi connectivity index (χ1) is 8.00. The molecule has 0 saturated carbocycles. The average molecular weight is 235 g/mol. The van der Waals surface area contributed by atoms with Crippen molar-refractivity contribution in [1.29, 1.82) is 0 Å². The van der Waals surface area contributed by atoms with Gasteiger partial charge in [-0.1, -0.05) is 19.9 Å². The maximum atomic E-state index is 11.1. The summed E-state index contributed by atoms with van der Waals surface area (Å²) in [5.41, 5.74) is 2.04. The summed E-state index contributed by atoms with van der Waals surface area (Å²) in [6, 6.07) is 5.34. The second-order valence-corrected chi connectivity index (χ2v) is 4.66. The standard InChI is InChI=1S/C13H17NO3/c1-8(2)9-4-5-12-10(6-9)14(3)11(7-17-12)13(15)16/h4-6,8,11H,7H2,1-3H3,(H,15,16). The fraction of sp³-hybridized carbons (Fsp3) is 0.462. The van der Waals surface area contributed by atoms with Crippen molar-refractivity contribution in [2.75, 3.05) is 18.6 Å². The summed E-state index contributed by atoms with van der Waals surface area (Å²) in [6.45, 7) is 4.42. The molecule has 1 N–H and O–H groups in total. The molecule has 0 aliphatic carbocycles. The van der Waals surface area contributed by atoms with Gasteiger partial charge in [0.1, 0.15) is 12.4 Å². The quantitative estimate of drug-likeness (QED) is 0.852. The summed E-state index contributed by atoms with van der Waals surface area (Å²) in [4.78, 5) is 12.8. The normalized spacial score (nSPS) is 18.8. The third-order valence-corrected chi connectivity index (χ3v) is 3.18. The summed E-state index contributed by atoms with van der Waals surface area (Å²) < 4.78 is 5.48. The van der Waals surface area contributed by atoms with Gasteiger partial charge in [-0.3, -0.25) is 0 Å². The molecule has 0 spiro atoms. The largest absolute Gasteiger partial charge is 0.489 e. The van der Waals surface area contributed by atoms with Crippen LogP contribution in [0, 0.1) is 0 Å². The molecule has 1 heterocycles. The number of hydrogen-bond acceptors (Lipinski definition) is 3. The van der Waals surface area contributed by atoms with Crippen LogP contribution in [0.25, 0.3) is 0 Å². The van der Waals surface area contributed by atoms with E-state index in [2.05, 4.69) is 13.8 Å². The summed E-state index contributed by atoms with van der Waals surface area (Å²) in [6.07, 6.45) is 0. The van der Waals surface area contributed by atoms with E-state index in [4.69, 9.17) is 9.84 Å². The van der Waals surface area contributed by atoms with Crippen LogP contribution in [0.15, 0.2) is 18.2 Å². The van der Waals surface area contributed by atoms with Crippen LogP contribution in [-0.2, 0) is 4.79 Å². The molecular formula is C13H17NO3. The number of carbonyl (C=O) groups is 1. The van der Waals surface area contributed by atoms with Crippen LogP contribution >= 0.6 is 0 Å². The van der Waals surface area contributed by atoms with E-state index in [-0.39, 0.29) is 6.61 Å². The van der Waals surface area contributed by atoms with Gasteiger partial charge < -0.3 is 14.7 Å². The fourth-order valence-corrected chi connectivity index (χ4v) is 1.98. The number of carboxylic acids is 1. The molecule has 0 bridgehead atoms. The summed E-state index contributed by atoms with van der Waals surface area (Å²) in [5.74, 6) is 0.321. The lowest BCUT2D eigenvalue weighted by atomic mass is 10.0. The molecule has 2 rings (SSSR count). The lowest BCUT2D eigenvalue weighted by Gasteiger charge is -2.33. The zero-order chi connectivity index (χ0) is 12.6. The summed E-state index contributed by atoms with van der Waals surface area (Å²) >= 11 is 0. The first kappa shape index (κ1) is 11.8. The highest BCUT2D eigenvalue weighted by molar-refractivity contribution is 5.80. The number of benzene rings is 1. The molecule has 1 aromatic rings. The van der Waals surface area contributed by atoms with Crippen molar-refractivity contribution in [3.05, 3.63) is 23.8 Å². The zero-order valence-corrected chi connectivity index (χ0v) is 10.3. The molecule has 1 unspecified atom stereocenters. The highest BCUT2D eigenvalue weighted by atomic mass is 16.5. The Kier molecular flexibility index (Phi) is 2.96. The molecule has 0 fully saturated rings. The van der Waals surface area contributed by atoms with Gasteiger partial charge in [0.15, 0.2) is 6.04 Å². The van der Waals surface area contributed by atoms with Gasteiger partial charge in [-0.2, -0.15) is 0 Å². The number of ether oxygens (including phenoxy) is 1. The lowest BCUT2D eigenvalue weighted by molar-refractivity contribution is -0.139. The predicted octanol–water partition coefficient (Wildman–Crippen LogP) is 2.09. The van der Waals surface area contributed by atoms with Crippen LogP contribution in [0.1, 0.15) is 25.3 Å². The molecule has 0 saturated heterocycles. The molecule has 1 aliphatic rings. The van der Waals surface area contributed by atoms with Gasteiger partial charge >= 0.3 is 5.97 Å². The number of likely N-dealkylation sites (N-methyl/N-ethyl adjacent to an activating group) is 1. The van der Waals surface area contributed by atoms with Crippen molar-refractivity contribution in [1.82, 2.24) is 0 Å². The van der Waals surface area contributed by atoms with E-state index < -0.39 is 12.0 Å². The van der Waals surface area contributed by atoms with Gasteiger partial charge in [0.05, 0.1) is 5.69 Å². The molecule has 17 heavy (non-hydrogen) atoms. The lowest BCUT2D eigenvalue weighted by Crippen LogP contribution is -2.45. The van der Waals surface area contributed by atoms with Crippen LogP contribution in [0.2, 0.25) is 0 Å². The molecule has 1 aliphatic heterocycles. The van der Waals surface area contributed by atoms with Crippen LogP contribution < -0.4 is 9.64 Å². The van der Waals surface area contributed by atoms with E-state index in [0.29, 0.717) is 5.92 Å². The molecule has 1 atom stereocenters. The maximum absolute atomic E-state index is 11.1. The van der Waals surface area contributed by atoms with Crippen LogP contribution in [-0.4, -0.2) is 30.8 Å². The molecule has 4 nitrogen and oxygen atoms in total. The van der Waals surface area contributed by atoms with Crippen molar-refractivity contribution in [2.45, 2.75) is 25.8 Å². The van der Waals surface area contributed by atoms with E-state index in [1.807, 2.05) is 18.2 Å². The molecule has 0 amide bonds. The van der Waals surface area contributed by atoms with Crippen molar-refractivity contribution in [2.24, 2.45) is 0 Å². The average Bonchev–Trinajstić information content (AvgIpc) is 2.28. The zero-order valence-electron chi connectivity index (χ0n) is 10.3. The molecule has 0 aromatic heterocycles. The highest BCUT2D eigenvalue weighted by Gasteiger charge is 2.30. The van der Waals surface area contributed by atoms with Gasteiger partial charge in [-0.25, -0.2) is 4.79 Å². The second-order valence-electron chi connectivity index (χ2n) is 4.66. The number of aliphatic carboxylic acids is 1. The third-order valence-electron chi connectivity index (χ3n) is 3.18. The maximum Gasteiger partial charge on any atom is 0.329 e. The first-order valence-electron chi connectivity index (χ1n) is 5.73. The van der Waals surface area contributed by atoms with Crippen LogP contribution in [0.3, 0.4) is 0 Å². The molecule has 92 valence electrons. The number of nitrogens with zero attached hydrogens (tertiary/aromatic N) is 1. The van der Waals surface area contributed by atoms with E-state index in [9.17, 15) is 4.79 Å². The summed E-state index contributed by atoms with van der Waals surface area (Å²) in [7, 11) is 1.80. The molecule has 1 aromatic carbocycles. The number of fused-ring (bicyclic) bond motifs is 1. The van der Waals surface area contributed by atoms with E-state index >= 15 is 0 Å². The van der Waals surface area contributed by atoms with Gasteiger partial charge in [-0.15, -0.1) is 0 Å². The van der Waals surface area contributed by atoms with Gasteiger partial charge in [0.25, 0.3) is 0 Å². The summed E-state index contributed by atoms with van der Waals surface area (Å²) in [5, 5.41) is 9.09. The number of hydrogen-bond donors (Lipinski definition) is 1. The minimum atomic E-state index is -0.854. The van der Waals surface area contributed by atoms with Crippen molar-refractivity contribution < 1.29 is 14.6 Å². The number of anilines is 1. The predicted molar refractivity (Wildman–Crippen MR) is 65.9 cm³/mol. The van der Waals surface area contributed by atoms with E-state index in [1.54, 1.807) is 11.9 Å². The Labute approximate surface area is 101 Å². The smallest absolute Gasteiger partial charge is 0.329 e. The van der Waals surface area contributed by atoms with Crippen molar-refractivity contribution >= 4 is 11.7 Å². The highest BCUT2D eigenvalue weighted by Crippen LogP contribution is 2.35. The van der Waals surface area contributed by atoms with Crippen LogP contribution in [0.4, 0.5) is 5.69 Å². The Morgan fingerprint density at radius 3 is 2.82 bits per heavy atom. The Balaban J connectivity index is 2.39. The third kappa shape index (κ3) is 2.07. The SMILES string of the molecule is CC(C)c1ccc2c(c1)N(C)C(C(=O)O)CO2. The Bertz CT molecular complexity index is 442. The number of rotatable bonds is 2. The molecule has 0 radical (unpaired) electrons. The van der Waals surface area contributed by atoms with Gasteiger partial charge in [0.2, 0.25) is 0 Å². The van der Waals surface area contributed by atoms with Gasteiger partial charge in [0, 0.05) is 7.05 Å². The van der Waals surface area contributed by atoms with E-state index in [1.165, 1.54) is 5.56 Å². The van der Waals surface area contributed by atoms with E-state index in [0.717, 1.165) is 11.4 Å². The van der Waals surface area contributed by atoms with Crippen molar-refractivity contribution in [3.63, 3.8) is 0 Å². The Hall–Kier alpha value is -1.71. The van der Waals surface area contributed by atoms with Gasteiger partial charge in [-0.05, 0) is 23.6 Å². The number of carboxylic acid groups (broad SMARTS) is 1.